The van der Waals surface area contributed by atoms with Crippen LogP contribution in [-0.2, 0) is 5.41 Å². The third-order valence-electron chi connectivity index (χ3n) is 15.5. The first-order chi connectivity index (χ1) is 37.2. The molecule has 0 atom stereocenters. The fraction of sp³-hybridized carbons (Fsp3) is 0.0137. The van der Waals surface area contributed by atoms with Gasteiger partial charge in [0.1, 0.15) is 0 Å². The summed E-state index contributed by atoms with van der Waals surface area (Å²) in [4.78, 5) is 4.78. The lowest BCUT2D eigenvalue weighted by molar-refractivity contribution is 0.794. The van der Waals surface area contributed by atoms with Gasteiger partial charge in [-0.25, -0.2) is 0 Å². The molecule has 2 aliphatic rings. The van der Waals surface area contributed by atoms with Crippen LogP contribution >= 0.6 is 0 Å². The molecule has 12 aromatic rings. The van der Waals surface area contributed by atoms with Gasteiger partial charge in [-0.05, 0) is 162 Å². The summed E-state index contributed by atoms with van der Waals surface area (Å²) < 4.78 is 0. The maximum Gasteiger partial charge on any atom is 0.0726 e. The molecule has 0 aliphatic heterocycles. The minimum atomic E-state index is -0.440. The average Bonchev–Trinajstić information content (AvgIpc) is 4.09. The van der Waals surface area contributed by atoms with Crippen molar-refractivity contribution in [2.45, 2.75) is 5.41 Å². The van der Waals surface area contributed by atoms with Crippen molar-refractivity contribution in [1.82, 2.24) is 0 Å². The summed E-state index contributed by atoms with van der Waals surface area (Å²) in [6, 6.07) is 111. The van der Waals surface area contributed by atoms with E-state index in [1.54, 1.807) is 0 Å². The van der Waals surface area contributed by atoms with Gasteiger partial charge in [-0.3, -0.25) is 0 Å². The standard InChI is InChI=1S/C73H50N2/c1-6-23-51(24-7-1)63-50-66(64(52-25-8-2-9-26-52)49-65(63)53-41-45-58(46-42-53)74(55-27-10-3-11-28-55)56-29-12-4-13-30-56)54-43-47-59(48-44-54)75(57-31-14-5-15-32-57)71-40-22-39-70-72(71)62-35-18-21-38-69(62)73(70)67-36-19-16-33-60(67)61-34-17-20-37-68(61)73/h1-50H. The van der Waals surface area contributed by atoms with E-state index in [0.29, 0.717) is 0 Å². The van der Waals surface area contributed by atoms with Crippen LogP contribution in [0.1, 0.15) is 22.3 Å². The molecule has 75 heavy (non-hydrogen) atoms. The molecule has 0 aromatic heterocycles. The third-order valence-corrected chi connectivity index (χ3v) is 15.5. The monoisotopic (exact) mass is 954 g/mol. The van der Waals surface area contributed by atoms with Gasteiger partial charge in [-0.15, -0.1) is 0 Å². The van der Waals surface area contributed by atoms with E-state index in [1.165, 1.54) is 77.9 Å². The Hall–Kier alpha value is -9.76. The van der Waals surface area contributed by atoms with E-state index in [4.69, 9.17) is 0 Å². The summed E-state index contributed by atoms with van der Waals surface area (Å²) in [7, 11) is 0. The minimum absolute atomic E-state index is 0.440. The molecule has 0 bridgehead atoms. The number of rotatable bonds is 10. The van der Waals surface area contributed by atoms with E-state index in [9.17, 15) is 0 Å². The number of hydrogen-bond acceptors (Lipinski definition) is 2. The molecular formula is C73H50N2. The van der Waals surface area contributed by atoms with Crippen molar-refractivity contribution in [3.63, 3.8) is 0 Å². The van der Waals surface area contributed by atoms with Crippen molar-refractivity contribution in [1.29, 1.82) is 0 Å². The predicted molar refractivity (Wildman–Crippen MR) is 314 cm³/mol. The lowest BCUT2D eigenvalue weighted by Gasteiger charge is -2.31. The Morgan fingerprint density at radius 1 is 0.200 bits per heavy atom. The smallest absolute Gasteiger partial charge is 0.0726 e. The molecule has 0 fully saturated rings. The molecule has 0 saturated carbocycles. The summed E-state index contributed by atoms with van der Waals surface area (Å²) >= 11 is 0. The molecule has 0 unspecified atom stereocenters. The molecule has 12 aromatic carbocycles. The van der Waals surface area contributed by atoms with Crippen LogP contribution in [0.25, 0.3) is 66.8 Å². The highest BCUT2D eigenvalue weighted by molar-refractivity contribution is 6.02. The van der Waals surface area contributed by atoms with E-state index < -0.39 is 5.41 Å². The number of para-hydroxylation sites is 3. The van der Waals surface area contributed by atoms with Gasteiger partial charge in [-0.1, -0.05) is 224 Å². The van der Waals surface area contributed by atoms with Gasteiger partial charge >= 0.3 is 0 Å². The number of hydrogen-bond donors (Lipinski definition) is 0. The second kappa shape index (κ2) is 18.4. The zero-order valence-corrected chi connectivity index (χ0v) is 41.3. The lowest BCUT2D eigenvalue weighted by atomic mass is 9.70. The zero-order chi connectivity index (χ0) is 49.7. The van der Waals surface area contributed by atoms with Crippen LogP contribution in [0.5, 0.6) is 0 Å². The van der Waals surface area contributed by atoms with E-state index >= 15 is 0 Å². The van der Waals surface area contributed by atoms with Crippen molar-refractivity contribution >= 4 is 34.1 Å². The minimum Gasteiger partial charge on any atom is -0.311 e. The molecule has 0 amide bonds. The molecule has 352 valence electrons. The highest BCUT2D eigenvalue weighted by atomic mass is 15.1. The Morgan fingerprint density at radius 2 is 0.507 bits per heavy atom. The largest absolute Gasteiger partial charge is 0.311 e. The number of fused-ring (bicyclic) bond motifs is 10. The highest BCUT2D eigenvalue weighted by Crippen LogP contribution is 2.64. The fourth-order valence-corrected chi connectivity index (χ4v) is 12.3. The lowest BCUT2D eigenvalue weighted by Crippen LogP contribution is -2.26. The van der Waals surface area contributed by atoms with Crippen molar-refractivity contribution in [3.8, 4) is 66.8 Å². The molecule has 0 N–H and O–H groups in total. The second-order valence-corrected chi connectivity index (χ2v) is 19.5. The van der Waals surface area contributed by atoms with Gasteiger partial charge in [0.25, 0.3) is 0 Å². The molecule has 0 radical (unpaired) electrons. The summed E-state index contributed by atoms with van der Waals surface area (Å²) in [6.45, 7) is 0. The topological polar surface area (TPSA) is 6.48 Å². The van der Waals surface area contributed by atoms with Crippen LogP contribution in [0.3, 0.4) is 0 Å². The van der Waals surface area contributed by atoms with E-state index in [1.807, 2.05) is 0 Å². The van der Waals surface area contributed by atoms with Crippen LogP contribution in [0.2, 0.25) is 0 Å². The van der Waals surface area contributed by atoms with Crippen LogP contribution < -0.4 is 9.80 Å². The molecule has 0 saturated heterocycles. The number of benzene rings is 12. The molecule has 2 aliphatic carbocycles. The first-order valence-corrected chi connectivity index (χ1v) is 25.9. The summed E-state index contributed by atoms with van der Waals surface area (Å²) in [5.74, 6) is 0. The van der Waals surface area contributed by atoms with E-state index in [0.717, 1.165) is 45.3 Å². The summed E-state index contributed by atoms with van der Waals surface area (Å²) in [5.41, 5.74) is 26.1. The molecule has 0 heterocycles. The second-order valence-electron chi connectivity index (χ2n) is 19.5. The molecular weight excluding hydrogens is 905 g/mol. The first kappa shape index (κ1) is 44.0. The van der Waals surface area contributed by atoms with Crippen molar-refractivity contribution in [3.05, 3.63) is 326 Å². The van der Waals surface area contributed by atoms with Gasteiger partial charge in [0.05, 0.1) is 11.1 Å². The Labute approximate surface area is 439 Å². The van der Waals surface area contributed by atoms with Gasteiger partial charge in [0.15, 0.2) is 0 Å². The Balaban J connectivity index is 0.917. The van der Waals surface area contributed by atoms with Crippen LogP contribution in [0.4, 0.5) is 34.1 Å². The van der Waals surface area contributed by atoms with E-state index in [2.05, 4.69) is 313 Å². The SMILES string of the molecule is c1ccc(-c2cc(-c3ccc(N(c4ccccc4)c4cccc5c4-c4ccccc4C54c5ccccc5-c5ccccc54)cc3)c(-c3ccccc3)cc2-c2ccc(N(c3ccccc3)c3ccccc3)cc2)cc1. The molecule has 2 nitrogen and oxygen atoms in total. The van der Waals surface area contributed by atoms with Crippen molar-refractivity contribution < 1.29 is 0 Å². The van der Waals surface area contributed by atoms with Crippen molar-refractivity contribution in [2.75, 3.05) is 9.80 Å². The molecule has 14 rings (SSSR count). The predicted octanol–water partition coefficient (Wildman–Crippen LogP) is 19.6. The summed E-state index contributed by atoms with van der Waals surface area (Å²) in [5, 5.41) is 0. The van der Waals surface area contributed by atoms with Gasteiger partial charge < -0.3 is 9.80 Å². The van der Waals surface area contributed by atoms with Gasteiger partial charge in [0, 0.05) is 34.0 Å². The number of nitrogens with zero attached hydrogens (tertiary/aromatic N) is 2. The first-order valence-electron chi connectivity index (χ1n) is 25.9. The fourth-order valence-electron chi connectivity index (χ4n) is 12.3. The van der Waals surface area contributed by atoms with Crippen LogP contribution in [0.15, 0.2) is 303 Å². The maximum absolute atomic E-state index is 2.46. The Bertz CT molecular complexity index is 3940. The summed E-state index contributed by atoms with van der Waals surface area (Å²) in [6.07, 6.45) is 0. The van der Waals surface area contributed by atoms with Crippen molar-refractivity contribution in [2.24, 2.45) is 0 Å². The Kier molecular flexibility index (Phi) is 10.8. The van der Waals surface area contributed by atoms with Gasteiger partial charge in [0.2, 0.25) is 0 Å². The van der Waals surface area contributed by atoms with Crippen LogP contribution in [-0.4, -0.2) is 0 Å². The van der Waals surface area contributed by atoms with Gasteiger partial charge in [-0.2, -0.15) is 0 Å². The third kappa shape index (κ3) is 7.25. The zero-order valence-electron chi connectivity index (χ0n) is 41.3. The van der Waals surface area contributed by atoms with E-state index in [-0.39, 0.29) is 0 Å². The molecule has 2 heteroatoms. The normalized spacial score (nSPS) is 12.4. The van der Waals surface area contributed by atoms with Crippen LogP contribution in [0, 0.1) is 0 Å². The average molecular weight is 955 g/mol. The Morgan fingerprint density at radius 3 is 0.947 bits per heavy atom. The number of anilines is 6. The molecule has 1 spiro atoms. The highest BCUT2D eigenvalue weighted by Gasteiger charge is 2.52. The quantitative estimate of drug-likeness (QED) is 0.135. The maximum atomic E-state index is 2.46.